The van der Waals surface area contributed by atoms with Crippen molar-refractivity contribution >= 4 is 16.9 Å². The summed E-state index contributed by atoms with van der Waals surface area (Å²) in [5, 5.41) is 6.83. The summed E-state index contributed by atoms with van der Waals surface area (Å²) in [4.78, 5) is 11.5. The number of hydrogen-bond acceptors (Lipinski definition) is 4. The molecule has 1 unspecified atom stereocenters. The lowest BCUT2D eigenvalue weighted by Crippen LogP contribution is -2.22. The zero-order chi connectivity index (χ0) is 17.2. The van der Waals surface area contributed by atoms with Crippen molar-refractivity contribution in [1.29, 1.82) is 0 Å². The van der Waals surface area contributed by atoms with Gasteiger partial charge in [-0.25, -0.2) is 4.98 Å². The molecule has 0 aliphatic heterocycles. The Morgan fingerprint density at radius 2 is 1.80 bits per heavy atom. The topological polar surface area (TPSA) is 57.7 Å². The van der Waals surface area contributed by atoms with E-state index in [0.717, 1.165) is 28.0 Å². The van der Waals surface area contributed by atoms with Gasteiger partial charge in [0.05, 0.1) is 29.5 Å². The molecule has 2 aromatic carbocycles. The molecule has 1 N–H and O–H groups in total. The molecule has 1 atom stereocenters. The molecular weight excluding hydrogens is 310 g/mol. The van der Waals surface area contributed by atoms with Gasteiger partial charge in [-0.2, -0.15) is 5.10 Å². The third kappa shape index (κ3) is 2.96. The molecule has 4 aromatic rings. The molecule has 5 nitrogen and oxygen atoms in total. The Balaban J connectivity index is 1.66. The number of aromatic amines is 1. The highest BCUT2D eigenvalue weighted by Gasteiger charge is 2.14. The molecule has 124 valence electrons. The summed E-state index contributed by atoms with van der Waals surface area (Å²) >= 11 is 0. The van der Waals surface area contributed by atoms with E-state index in [0.29, 0.717) is 0 Å². The number of H-pyrrole nitrogens is 1. The molecule has 0 bridgehead atoms. The molecule has 4 rings (SSSR count). The fourth-order valence-corrected chi connectivity index (χ4v) is 2.91. The minimum absolute atomic E-state index is 0.221. The van der Waals surface area contributed by atoms with Crippen molar-refractivity contribution in [1.82, 2.24) is 20.2 Å². The van der Waals surface area contributed by atoms with E-state index >= 15 is 0 Å². The van der Waals surface area contributed by atoms with Gasteiger partial charge in [-0.1, -0.05) is 36.4 Å². The van der Waals surface area contributed by atoms with Gasteiger partial charge in [0.15, 0.2) is 0 Å². The van der Waals surface area contributed by atoms with Crippen molar-refractivity contribution in [3.05, 3.63) is 72.7 Å². The molecule has 0 aliphatic rings. The van der Waals surface area contributed by atoms with E-state index < -0.39 is 0 Å². The second kappa shape index (κ2) is 6.36. The molecule has 0 aliphatic carbocycles. The van der Waals surface area contributed by atoms with E-state index in [4.69, 9.17) is 4.98 Å². The largest absolute Gasteiger partial charge is 0.352 e. The Morgan fingerprint density at radius 3 is 2.56 bits per heavy atom. The Bertz CT molecular complexity index is 980. The minimum atomic E-state index is 0.221. The highest BCUT2D eigenvalue weighted by Crippen LogP contribution is 2.26. The first-order valence-electron chi connectivity index (χ1n) is 8.26. The van der Waals surface area contributed by atoms with Crippen LogP contribution >= 0.6 is 0 Å². The lowest BCUT2D eigenvalue weighted by Gasteiger charge is -2.26. The third-order valence-electron chi connectivity index (χ3n) is 4.59. The first kappa shape index (κ1) is 15.3. The first-order valence-corrected chi connectivity index (χ1v) is 8.26. The summed E-state index contributed by atoms with van der Waals surface area (Å²) in [6.45, 7) is 2.17. The average Bonchev–Trinajstić information content (AvgIpc) is 3.21. The van der Waals surface area contributed by atoms with Crippen molar-refractivity contribution in [2.75, 3.05) is 11.9 Å². The number of fused-ring (bicyclic) bond motifs is 1. The molecule has 0 amide bonds. The van der Waals surface area contributed by atoms with Crippen LogP contribution in [0.15, 0.2) is 67.1 Å². The molecule has 0 spiro atoms. The second-order valence-corrected chi connectivity index (χ2v) is 6.12. The third-order valence-corrected chi connectivity index (χ3v) is 4.59. The van der Waals surface area contributed by atoms with E-state index in [1.807, 2.05) is 43.7 Å². The predicted octanol–water partition coefficient (Wildman–Crippen LogP) is 4.22. The van der Waals surface area contributed by atoms with Crippen LogP contribution in [0.3, 0.4) is 0 Å². The van der Waals surface area contributed by atoms with Gasteiger partial charge < -0.3 is 4.90 Å². The molecule has 5 heteroatoms. The Hall–Kier alpha value is -3.21. The fraction of sp³-hybridized carbons (Fsp3) is 0.150. The number of nitrogens with one attached hydrogen (secondary N) is 1. The molecule has 25 heavy (non-hydrogen) atoms. The maximum atomic E-state index is 4.78. The average molecular weight is 329 g/mol. The lowest BCUT2D eigenvalue weighted by atomic mass is 10.1. The van der Waals surface area contributed by atoms with Crippen LogP contribution in [0.5, 0.6) is 0 Å². The standard InChI is InChI=1S/C20H19N5/c1-14(15-6-4-3-5-7-15)25(2)20-13-21-19-10-16(8-9-18(19)24-20)17-11-22-23-12-17/h3-14H,1-2H3,(H,22,23). The van der Waals surface area contributed by atoms with E-state index in [1.165, 1.54) is 5.56 Å². The summed E-state index contributed by atoms with van der Waals surface area (Å²) in [5.74, 6) is 0.861. The fourth-order valence-electron chi connectivity index (χ4n) is 2.91. The zero-order valence-corrected chi connectivity index (χ0v) is 14.2. The SMILES string of the molecule is CC(c1ccccc1)N(C)c1cnc2cc(-c3cn[nH]c3)ccc2n1. The van der Waals surface area contributed by atoms with Crippen molar-refractivity contribution in [3.8, 4) is 11.1 Å². The Kier molecular flexibility index (Phi) is 3.90. The summed E-state index contributed by atoms with van der Waals surface area (Å²) < 4.78 is 0. The van der Waals surface area contributed by atoms with Crippen LogP contribution in [-0.2, 0) is 0 Å². The van der Waals surface area contributed by atoms with Crippen LogP contribution in [0, 0.1) is 0 Å². The molecular formula is C20H19N5. The highest BCUT2D eigenvalue weighted by molar-refractivity contribution is 5.81. The predicted molar refractivity (Wildman–Crippen MR) is 100 cm³/mol. The van der Waals surface area contributed by atoms with Gasteiger partial charge >= 0.3 is 0 Å². The molecule has 0 saturated carbocycles. The van der Waals surface area contributed by atoms with Crippen molar-refractivity contribution in [3.63, 3.8) is 0 Å². The van der Waals surface area contributed by atoms with Crippen LogP contribution in [0.1, 0.15) is 18.5 Å². The summed E-state index contributed by atoms with van der Waals surface area (Å²) in [5.41, 5.74) is 5.14. The van der Waals surface area contributed by atoms with E-state index in [2.05, 4.69) is 51.3 Å². The molecule has 2 heterocycles. The number of benzene rings is 2. The van der Waals surface area contributed by atoms with Crippen LogP contribution < -0.4 is 4.90 Å². The van der Waals surface area contributed by atoms with Crippen molar-refractivity contribution < 1.29 is 0 Å². The monoisotopic (exact) mass is 329 g/mol. The number of anilines is 1. The molecule has 0 saturated heterocycles. The van der Waals surface area contributed by atoms with Gasteiger partial charge in [0.25, 0.3) is 0 Å². The van der Waals surface area contributed by atoms with Gasteiger partial charge in [-0.05, 0) is 30.2 Å². The number of nitrogens with zero attached hydrogens (tertiary/aromatic N) is 4. The van der Waals surface area contributed by atoms with Gasteiger partial charge in [0.1, 0.15) is 5.82 Å². The highest BCUT2D eigenvalue weighted by atomic mass is 15.2. The zero-order valence-electron chi connectivity index (χ0n) is 14.2. The van der Waals surface area contributed by atoms with Gasteiger partial charge in [0.2, 0.25) is 0 Å². The summed E-state index contributed by atoms with van der Waals surface area (Å²) in [7, 11) is 2.05. The lowest BCUT2D eigenvalue weighted by molar-refractivity contribution is 0.728. The normalized spacial score (nSPS) is 12.2. The molecule has 2 aromatic heterocycles. The van der Waals surface area contributed by atoms with Crippen LogP contribution in [0.25, 0.3) is 22.2 Å². The maximum Gasteiger partial charge on any atom is 0.148 e. The summed E-state index contributed by atoms with van der Waals surface area (Å²) in [6, 6.07) is 16.7. The van der Waals surface area contributed by atoms with Gasteiger partial charge in [-0.3, -0.25) is 10.1 Å². The quantitative estimate of drug-likeness (QED) is 0.609. The Morgan fingerprint density at radius 1 is 0.960 bits per heavy atom. The van der Waals surface area contributed by atoms with Gasteiger partial charge in [-0.15, -0.1) is 0 Å². The van der Waals surface area contributed by atoms with E-state index in [1.54, 1.807) is 6.20 Å². The van der Waals surface area contributed by atoms with Crippen LogP contribution in [0.4, 0.5) is 5.82 Å². The van der Waals surface area contributed by atoms with Crippen molar-refractivity contribution in [2.45, 2.75) is 13.0 Å². The molecule has 0 radical (unpaired) electrons. The summed E-state index contributed by atoms with van der Waals surface area (Å²) in [6.07, 6.45) is 5.51. The second-order valence-electron chi connectivity index (χ2n) is 6.12. The Labute approximate surface area is 146 Å². The minimum Gasteiger partial charge on any atom is -0.352 e. The smallest absolute Gasteiger partial charge is 0.148 e. The first-order chi connectivity index (χ1) is 12.2. The van der Waals surface area contributed by atoms with Gasteiger partial charge in [0, 0.05) is 18.8 Å². The number of aromatic nitrogens is 4. The van der Waals surface area contributed by atoms with Crippen molar-refractivity contribution in [2.24, 2.45) is 0 Å². The number of rotatable bonds is 4. The van der Waals surface area contributed by atoms with E-state index in [-0.39, 0.29) is 6.04 Å². The van der Waals surface area contributed by atoms with Crippen LogP contribution in [-0.4, -0.2) is 27.2 Å². The van der Waals surface area contributed by atoms with Crippen LogP contribution in [0.2, 0.25) is 0 Å². The number of hydrogen-bond donors (Lipinski definition) is 1. The van der Waals surface area contributed by atoms with E-state index in [9.17, 15) is 0 Å². The molecule has 0 fully saturated rings. The maximum absolute atomic E-state index is 4.78.